The van der Waals surface area contributed by atoms with Crippen LogP contribution in [0, 0.1) is 5.82 Å². The minimum Gasteiger partial charge on any atom is -0.345 e. The van der Waals surface area contributed by atoms with Gasteiger partial charge in [0.1, 0.15) is 11.6 Å². The molecule has 5 rings (SSSR count). The quantitative estimate of drug-likeness (QED) is 0.387. The third-order valence-corrected chi connectivity index (χ3v) is 7.61. The molecular formula is C31H33FN6O2. The van der Waals surface area contributed by atoms with Gasteiger partial charge in [-0.25, -0.2) is 9.37 Å². The van der Waals surface area contributed by atoms with Gasteiger partial charge in [0, 0.05) is 44.9 Å². The molecule has 0 unspecified atom stereocenters. The largest absolute Gasteiger partial charge is 0.345 e. The van der Waals surface area contributed by atoms with E-state index in [2.05, 4.69) is 10.2 Å². The first-order valence-electron chi connectivity index (χ1n) is 13.2. The van der Waals surface area contributed by atoms with E-state index in [9.17, 15) is 14.0 Å². The fraction of sp³-hybridized carbons (Fsp3) is 0.290. The topological polar surface area (TPSA) is 108 Å². The Balaban J connectivity index is 1.76. The van der Waals surface area contributed by atoms with Crippen molar-refractivity contribution in [3.05, 3.63) is 106 Å². The van der Waals surface area contributed by atoms with Crippen molar-refractivity contribution < 1.29 is 14.0 Å². The van der Waals surface area contributed by atoms with Crippen LogP contribution in [0.2, 0.25) is 0 Å². The maximum Gasteiger partial charge on any atom is 0.253 e. The first-order chi connectivity index (χ1) is 19.1. The van der Waals surface area contributed by atoms with E-state index in [4.69, 9.17) is 10.7 Å². The summed E-state index contributed by atoms with van der Waals surface area (Å²) in [6.45, 7) is 0.349. The summed E-state index contributed by atoms with van der Waals surface area (Å²) in [4.78, 5) is 33.8. The number of fused-ring (bicyclic) bond motifs is 2. The van der Waals surface area contributed by atoms with Crippen molar-refractivity contribution in [3.8, 4) is 11.4 Å². The van der Waals surface area contributed by atoms with Crippen LogP contribution in [0.1, 0.15) is 55.2 Å². The summed E-state index contributed by atoms with van der Waals surface area (Å²) in [5.74, 6) is 0.548. The summed E-state index contributed by atoms with van der Waals surface area (Å²) in [5, 5.41) is 7.69. The number of carbonyl (C=O) groups is 2. The number of carbonyl (C=O) groups excluding carboxylic acids is 2. The second-order valence-corrected chi connectivity index (χ2v) is 10.6. The number of nitrogens with zero attached hydrogens (tertiary/aromatic N) is 4. The van der Waals surface area contributed by atoms with Crippen LogP contribution in [0.15, 0.2) is 60.7 Å². The van der Waals surface area contributed by atoms with Crippen molar-refractivity contribution >= 4 is 11.8 Å². The number of amides is 2. The molecule has 0 radical (unpaired) electrons. The predicted octanol–water partition coefficient (Wildman–Crippen LogP) is 3.80. The lowest BCUT2D eigenvalue weighted by Gasteiger charge is -2.34. The zero-order valence-corrected chi connectivity index (χ0v) is 23.2. The highest BCUT2D eigenvalue weighted by Gasteiger charge is 2.43. The van der Waals surface area contributed by atoms with Crippen LogP contribution in [-0.4, -0.2) is 71.5 Å². The Morgan fingerprint density at radius 1 is 0.875 bits per heavy atom. The molecule has 0 aliphatic heterocycles. The average Bonchev–Trinajstić information content (AvgIpc) is 3.40. The van der Waals surface area contributed by atoms with Crippen molar-refractivity contribution in [2.75, 3.05) is 34.7 Å². The van der Waals surface area contributed by atoms with Crippen LogP contribution in [0.25, 0.3) is 11.4 Å². The molecule has 1 aliphatic rings. The summed E-state index contributed by atoms with van der Waals surface area (Å²) in [6.07, 6.45) is 1.84. The molecule has 206 valence electrons. The van der Waals surface area contributed by atoms with Gasteiger partial charge in [0.05, 0.1) is 5.41 Å². The van der Waals surface area contributed by atoms with Gasteiger partial charge in [-0.1, -0.05) is 12.1 Å². The molecule has 0 saturated heterocycles. The first-order valence-corrected chi connectivity index (χ1v) is 13.2. The molecular weight excluding hydrogens is 507 g/mol. The molecule has 1 aromatic heterocycles. The molecule has 0 bridgehead atoms. The summed E-state index contributed by atoms with van der Waals surface area (Å²) in [5.41, 5.74) is 11.4. The zero-order valence-electron chi connectivity index (χ0n) is 23.2. The molecule has 0 spiro atoms. The molecule has 8 nitrogen and oxygen atoms in total. The van der Waals surface area contributed by atoms with E-state index in [1.54, 1.807) is 50.1 Å². The zero-order chi connectivity index (χ0) is 28.6. The Hall–Kier alpha value is -4.37. The van der Waals surface area contributed by atoms with E-state index in [1.807, 2.05) is 36.4 Å². The van der Waals surface area contributed by atoms with E-state index in [-0.39, 0.29) is 17.6 Å². The van der Waals surface area contributed by atoms with Crippen LogP contribution >= 0.6 is 0 Å². The Bertz CT molecular complexity index is 1500. The number of rotatable bonds is 6. The number of nitrogens with one attached hydrogen (secondary N) is 1. The van der Waals surface area contributed by atoms with E-state index in [0.29, 0.717) is 54.1 Å². The van der Waals surface area contributed by atoms with Gasteiger partial charge >= 0.3 is 0 Å². The lowest BCUT2D eigenvalue weighted by molar-refractivity contribution is 0.0820. The van der Waals surface area contributed by atoms with Crippen molar-refractivity contribution in [2.24, 2.45) is 5.73 Å². The van der Waals surface area contributed by atoms with Gasteiger partial charge in [0.2, 0.25) is 0 Å². The normalized spacial score (nSPS) is 13.7. The smallest absolute Gasteiger partial charge is 0.253 e. The monoisotopic (exact) mass is 540 g/mol. The number of aromatic nitrogens is 3. The standard InChI is InChI=1S/C31H33FN6O2/c1-37(2)28(39)22-9-13-25-20(17-22)5-6-21-18-23(29(40)38(3)4)10-14-26(21)31(25,15-16-33)30-34-27(35-36-30)19-7-11-24(32)12-8-19/h7-14,17-18H,5-6,15-16,33H2,1-4H3,(H,34,35,36). The van der Waals surface area contributed by atoms with Gasteiger partial charge in [-0.3, -0.25) is 14.7 Å². The van der Waals surface area contributed by atoms with E-state index < -0.39 is 5.41 Å². The lowest BCUT2D eigenvalue weighted by Crippen LogP contribution is -2.35. The van der Waals surface area contributed by atoms with Crippen molar-refractivity contribution in [1.29, 1.82) is 0 Å². The first kappa shape index (κ1) is 27.2. The molecule has 2 amide bonds. The van der Waals surface area contributed by atoms with Gasteiger partial charge in [-0.15, -0.1) is 0 Å². The molecule has 3 N–H and O–H groups in total. The van der Waals surface area contributed by atoms with Crippen LogP contribution in [0.3, 0.4) is 0 Å². The highest BCUT2D eigenvalue weighted by atomic mass is 19.1. The fourth-order valence-corrected chi connectivity index (χ4v) is 5.67. The minimum atomic E-state index is -0.819. The summed E-state index contributed by atoms with van der Waals surface area (Å²) >= 11 is 0. The maximum atomic E-state index is 13.6. The summed E-state index contributed by atoms with van der Waals surface area (Å²) < 4.78 is 13.6. The second kappa shape index (κ2) is 10.7. The minimum absolute atomic E-state index is 0.0777. The van der Waals surface area contributed by atoms with Crippen molar-refractivity contribution in [3.63, 3.8) is 0 Å². The molecule has 4 aromatic rings. The number of halogens is 1. The van der Waals surface area contributed by atoms with Crippen molar-refractivity contribution in [2.45, 2.75) is 24.7 Å². The second-order valence-electron chi connectivity index (χ2n) is 10.6. The van der Waals surface area contributed by atoms with Crippen LogP contribution in [0.5, 0.6) is 0 Å². The Labute approximate surface area is 233 Å². The molecule has 0 fully saturated rings. The number of H-pyrrole nitrogens is 1. The van der Waals surface area contributed by atoms with Crippen LogP contribution in [0.4, 0.5) is 4.39 Å². The average molecular weight is 541 g/mol. The lowest BCUT2D eigenvalue weighted by atomic mass is 9.69. The molecule has 1 aliphatic carbocycles. The van der Waals surface area contributed by atoms with Gasteiger partial charge in [-0.2, -0.15) is 5.10 Å². The predicted molar refractivity (Wildman–Crippen MR) is 152 cm³/mol. The molecule has 9 heteroatoms. The fourth-order valence-electron chi connectivity index (χ4n) is 5.67. The Morgan fingerprint density at radius 2 is 1.40 bits per heavy atom. The van der Waals surface area contributed by atoms with Gasteiger partial charge in [0.15, 0.2) is 5.82 Å². The molecule has 40 heavy (non-hydrogen) atoms. The summed E-state index contributed by atoms with van der Waals surface area (Å²) in [7, 11) is 6.93. The molecule has 1 heterocycles. The number of hydrogen-bond donors (Lipinski definition) is 2. The van der Waals surface area contributed by atoms with Gasteiger partial charge < -0.3 is 15.5 Å². The van der Waals surface area contributed by atoms with E-state index in [1.165, 1.54) is 12.1 Å². The Kier molecular flexibility index (Phi) is 7.25. The summed E-state index contributed by atoms with van der Waals surface area (Å²) in [6, 6.07) is 17.6. The highest BCUT2D eigenvalue weighted by Crippen LogP contribution is 2.46. The molecule has 0 saturated carbocycles. The van der Waals surface area contributed by atoms with Gasteiger partial charge in [-0.05, 0) is 96.6 Å². The third kappa shape index (κ3) is 4.66. The number of nitrogens with two attached hydrogens (primary N) is 1. The van der Waals surface area contributed by atoms with E-state index >= 15 is 0 Å². The van der Waals surface area contributed by atoms with Crippen LogP contribution < -0.4 is 5.73 Å². The molecule has 3 aromatic carbocycles. The highest BCUT2D eigenvalue weighted by molar-refractivity contribution is 5.95. The van der Waals surface area contributed by atoms with Crippen molar-refractivity contribution in [1.82, 2.24) is 25.0 Å². The van der Waals surface area contributed by atoms with E-state index in [0.717, 1.165) is 22.3 Å². The number of hydrogen-bond acceptors (Lipinski definition) is 5. The van der Waals surface area contributed by atoms with Gasteiger partial charge in [0.25, 0.3) is 11.8 Å². The number of aromatic amines is 1. The number of aryl methyl sites for hydroxylation is 2. The Morgan fingerprint density at radius 3 is 1.88 bits per heavy atom. The maximum absolute atomic E-state index is 13.6. The number of benzene rings is 3. The SMILES string of the molecule is CN(C)C(=O)c1ccc2c(c1)CCc1cc(C(=O)N(C)C)ccc1C2(CCN)c1nc(-c2ccc(F)cc2)n[nH]1. The third-order valence-electron chi connectivity index (χ3n) is 7.61. The molecule has 0 atom stereocenters. The van der Waals surface area contributed by atoms with Crippen LogP contribution in [-0.2, 0) is 18.3 Å².